The first-order chi connectivity index (χ1) is 13.1. The van der Waals surface area contributed by atoms with E-state index in [1.807, 2.05) is 30.3 Å². The number of carboxylic acid groups (broad SMARTS) is 1. The van der Waals surface area contributed by atoms with Gasteiger partial charge in [-0.05, 0) is 35.9 Å². The van der Waals surface area contributed by atoms with E-state index in [9.17, 15) is 14.7 Å². The zero-order valence-corrected chi connectivity index (χ0v) is 14.2. The molecule has 2 aromatic carbocycles. The minimum Gasteiger partial charge on any atom is -0.478 e. The lowest BCUT2D eigenvalue weighted by Crippen LogP contribution is -2.25. The van der Waals surface area contributed by atoms with Crippen molar-refractivity contribution in [2.24, 2.45) is 0 Å². The van der Waals surface area contributed by atoms with Gasteiger partial charge in [0.2, 0.25) is 0 Å². The van der Waals surface area contributed by atoms with Gasteiger partial charge >= 0.3 is 5.97 Å². The molecule has 0 saturated carbocycles. The zero-order chi connectivity index (χ0) is 18.8. The Morgan fingerprint density at radius 2 is 1.81 bits per heavy atom. The largest absolute Gasteiger partial charge is 0.478 e. The van der Waals surface area contributed by atoms with E-state index in [2.05, 4.69) is 9.97 Å². The number of benzene rings is 2. The Kier molecular flexibility index (Phi) is 4.22. The van der Waals surface area contributed by atoms with E-state index in [4.69, 9.17) is 0 Å². The molecular weight excluding hydrogens is 342 g/mol. The molecule has 0 atom stereocenters. The van der Waals surface area contributed by atoms with E-state index in [1.54, 1.807) is 30.5 Å². The third-order valence-corrected chi connectivity index (χ3v) is 4.25. The van der Waals surface area contributed by atoms with Crippen molar-refractivity contribution in [2.75, 3.05) is 0 Å². The lowest BCUT2D eigenvalue weighted by atomic mass is 10.1. The summed E-state index contributed by atoms with van der Waals surface area (Å²) < 4.78 is 1.42. The van der Waals surface area contributed by atoms with Gasteiger partial charge in [-0.3, -0.25) is 9.36 Å². The van der Waals surface area contributed by atoms with Crippen LogP contribution >= 0.6 is 0 Å². The Morgan fingerprint density at radius 1 is 1.00 bits per heavy atom. The van der Waals surface area contributed by atoms with E-state index in [-0.39, 0.29) is 11.1 Å². The monoisotopic (exact) mass is 357 g/mol. The number of hydrogen-bond donors (Lipinski definition) is 1. The van der Waals surface area contributed by atoms with Gasteiger partial charge < -0.3 is 5.11 Å². The summed E-state index contributed by atoms with van der Waals surface area (Å²) in [5, 5.41) is 9.27. The van der Waals surface area contributed by atoms with Crippen LogP contribution in [0.1, 0.15) is 21.6 Å². The standard InChI is InChI=1S/C21H15N3O3/c25-20-18(12-14-6-2-1-3-7-14)23-17-10-5-11-22-19(17)24(20)16-9-4-8-15(13-16)21(26)27/h1-11,13H,12H2,(H,26,27). The second-order valence-corrected chi connectivity index (χ2v) is 6.06. The predicted molar refractivity (Wildman–Crippen MR) is 101 cm³/mol. The predicted octanol–water partition coefficient (Wildman–Crippen LogP) is 3.07. The summed E-state index contributed by atoms with van der Waals surface area (Å²) in [5.74, 6) is -1.05. The van der Waals surface area contributed by atoms with Crippen molar-refractivity contribution in [2.45, 2.75) is 6.42 Å². The van der Waals surface area contributed by atoms with Gasteiger partial charge in [0.15, 0.2) is 5.65 Å². The fraction of sp³-hybridized carbons (Fsp3) is 0.0476. The molecule has 6 nitrogen and oxygen atoms in total. The molecule has 2 aromatic heterocycles. The van der Waals surface area contributed by atoms with Crippen LogP contribution in [0.3, 0.4) is 0 Å². The van der Waals surface area contributed by atoms with Crippen LogP contribution in [0.25, 0.3) is 16.9 Å². The quantitative estimate of drug-likeness (QED) is 0.607. The van der Waals surface area contributed by atoms with E-state index in [0.29, 0.717) is 29.0 Å². The molecule has 27 heavy (non-hydrogen) atoms. The van der Waals surface area contributed by atoms with Gasteiger partial charge in [0.25, 0.3) is 5.56 Å². The first-order valence-corrected chi connectivity index (χ1v) is 8.38. The normalized spacial score (nSPS) is 10.8. The third kappa shape index (κ3) is 3.20. The highest BCUT2D eigenvalue weighted by molar-refractivity contribution is 5.88. The Morgan fingerprint density at radius 3 is 2.59 bits per heavy atom. The van der Waals surface area contributed by atoms with E-state index >= 15 is 0 Å². The zero-order valence-electron chi connectivity index (χ0n) is 14.2. The van der Waals surface area contributed by atoms with Gasteiger partial charge in [0.1, 0.15) is 11.2 Å². The molecule has 1 N–H and O–H groups in total. The first kappa shape index (κ1) is 16.7. The number of pyridine rings is 1. The molecule has 0 bridgehead atoms. The van der Waals surface area contributed by atoms with Gasteiger partial charge in [-0.15, -0.1) is 0 Å². The van der Waals surface area contributed by atoms with Crippen molar-refractivity contribution < 1.29 is 9.90 Å². The first-order valence-electron chi connectivity index (χ1n) is 8.38. The smallest absolute Gasteiger partial charge is 0.335 e. The van der Waals surface area contributed by atoms with Gasteiger partial charge in [-0.2, -0.15) is 0 Å². The number of hydrogen-bond acceptors (Lipinski definition) is 4. The molecule has 6 heteroatoms. The Hall–Kier alpha value is -3.80. The van der Waals surface area contributed by atoms with Crippen molar-refractivity contribution in [1.82, 2.24) is 14.5 Å². The second kappa shape index (κ2) is 6.84. The molecule has 0 radical (unpaired) electrons. The number of rotatable bonds is 4. The molecule has 132 valence electrons. The van der Waals surface area contributed by atoms with Crippen LogP contribution in [-0.2, 0) is 6.42 Å². The van der Waals surface area contributed by atoms with Crippen molar-refractivity contribution in [3.8, 4) is 5.69 Å². The molecule has 0 unspecified atom stereocenters. The number of fused-ring (bicyclic) bond motifs is 1. The fourth-order valence-electron chi connectivity index (χ4n) is 2.99. The molecule has 0 fully saturated rings. The summed E-state index contributed by atoms with van der Waals surface area (Å²) in [6, 6.07) is 19.4. The average molecular weight is 357 g/mol. The molecule has 0 saturated heterocycles. The number of aromatic carboxylic acids is 1. The Balaban J connectivity index is 1.96. The van der Waals surface area contributed by atoms with Crippen molar-refractivity contribution in [3.05, 3.63) is 100 Å². The van der Waals surface area contributed by atoms with Gasteiger partial charge in [0.05, 0.1) is 11.3 Å². The molecule has 4 aromatic rings. The number of nitrogens with zero attached hydrogens (tertiary/aromatic N) is 3. The maximum Gasteiger partial charge on any atom is 0.335 e. The Labute approximate surface area is 154 Å². The molecule has 2 heterocycles. The minimum atomic E-state index is -1.05. The highest BCUT2D eigenvalue weighted by Gasteiger charge is 2.15. The lowest BCUT2D eigenvalue weighted by molar-refractivity contribution is 0.0697. The van der Waals surface area contributed by atoms with Crippen molar-refractivity contribution in [3.63, 3.8) is 0 Å². The Bertz CT molecular complexity index is 1200. The van der Waals surface area contributed by atoms with Gasteiger partial charge in [-0.1, -0.05) is 36.4 Å². The molecule has 0 amide bonds. The molecule has 0 aliphatic rings. The number of carboxylic acids is 1. The van der Waals surface area contributed by atoms with Crippen LogP contribution in [-0.4, -0.2) is 25.6 Å². The highest BCUT2D eigenvalue weighted by atomic mass is 16.4. The van der Waals surface area contributed by atoms with Crippen molar-refractivity contribution in [1.29, 1.82) is 0 Å². The molecular formula is C21H15N3O3. The molecule has 0 spiro atoms. The minimum absolute atomic E-state index is 0.102. The average Bonchev–Trinajstić information content (AvgIpc) is 2.69. The van der Waals surface area contributed by atoms with E-state index in [1.165, 1.54) is 16.7 Å². The maximum atomic E-state index is 13.2. The fourth-order valence-corrected chi connectivity index (χ4v) is 2.99. The second-order valence-electron chi connectivity index (χ2n) is 6.06. The van der Waals surface area contributed by atoms with Crippen LogP contribution in [0.5, 0.6) is 0 Å². The van der Waals surface area contributed by atoms with Crippen LogP contribution in [0.2, 0.25) is 0 Å². The summed E-state index contributed by atoms with van der Waals surface area (Å²) in [5.41, 5.74) is 2.54. The van der Waals surface area contributed by atoms with Crippen LogP contribution in [0, 0.1) is 0 Å². The number of carbonyl (C=O) groups is 1. The van der Waals surface area contributed by atoms with Gasteiger partial charge in [0, 0.05) is 12.6 Å². The van der Waals surface area contributed by atoms with E-state index < -0.39 is 5.97 Å². The van der Waals surface area contributed by atoms with Crippen LogP contribution in [0.4, 0.5) is 0 Å². The van der Waals surface area contributed by atoms with Crippen molar-refractivity contribution >= 4 is 17.1 Å². The van der Waals surface area contributed by atoms with Gasteiger partial charge in [-0.25, -0.2) is 14.8 Å². The summed E-state index contributed by atoms with van der Waals surface area (Å²) >= 11 is 0. The van der Waals surface area contributed by atoms with Crippen LogP contribution < -0.4 is 5.56 Å². The SMILES string of the molecule is O=C(O)c1cccc(-n2c(=O)c(Cc3ccccc3)nc3cccnc32)c1. The molecule has 0 aliphatic heterocycles. The summed E-state index contributed by atoms with van der Waals surface area (Å²) in [6.45, 7) is 0. The summed E-state index contributed by atoms with van der Waals surface area (Å²) in [6.07, 6.45) is 1.96. The van der Waals surface area contributed by atoms with E-state index in [0.717, 1.165) is 5.56 Å². The third-order valence-electron chi connectivity index (χ3n) is 4.25. The summed E-state index contributed by atoms with van der Waals surface area (Å²) in [4.78, 5) is 33.3. The summed E-state index contributed by atoms with van der Waals surface area (Å²) in [7, 11) is 0. The van der Waals surface area contributed by atoms with Crippen LogP contribution in [0.15, 0.2) is 77.7 Å². The maximum absolute atomic E-state index is 13.2. The molecule has 0 aliphatic carbocycles. The topological polar surface area (TPSA) is 85.1 Å². The molecule has 4 rings (SSSR count). The lowest BCUT2D eigenvalue weighted by Gasteiger charge is -2.12. The highest BCUT2D eigenvalue weighted by Crippen LogP contribution is 2.16. The number of aromatic nitrogens is 3.